The first-order valence-electron chi connectivity index (χ1n) is 12.4. The van der Waals surface area contributed by atoms with E-state index in [4.69, 9.17) is 9.72 Å². The lowest BCUT2D eigenvalue weighted by atomic mass is 9.73. The lowest BCUT2D eigenvalue weighted by Crippen LogP contribution is -2.31. The number of aliphatic hydroxyl groups excluding tert-OH is 2. The second-order valence-electron chi connectivity index (χ2n) is 10.9. The van der Waals surface area contributed by atoms with Crippen LogP contribution in [0.2, 0.25) is 0 Å². The fourth-order valence-electron chi connectivity index (χ4n) is 5.32. The maximum atomic E-state index is 14.4. The Labute approximate surface area is 205 Å². The van der Waals surface area contributed by atoms with Crippen LogP contribution < -0.4 is 0 Å². The quantitative estimate of drug-likeness (QED) is 0.465. The van der Waals surface area contributed by atoms with Crippen LogP contribution in [0.3, 0.4) is 0 Å². The van der Waals surface area contributed by atoms with Crippen molar-refractivity contribution < 1.29 is 24.1 Å². The number of hydrogen-bond acceptors (Lipinski definition) is 5. The molecule has 35 heavy (non-hydrogen) atoms. The van der Waals surface area contributed by atoms with Crippen LogP contribution in [0.25, 0.3) is 22.0 Å². The summed E-state index contributed by atoms with van der Waals surface area (Å²) in [6, 6.07) is 12.8. The Bertz CT molecular complexity index is 1280. The van der Waals surface area contributed by atoms with Gasteiger partial charge in [-0.3, -0.25) is 9.78 Å². The monoisotopic (exact) mass is 477 g/mol. The Kier molecular flexibility index (Phi) is 6.14. The zero-order valence-electron chi connectivity index (χ0n) is 20.4. The van der Waals surface area contributed by atoms with Crippen LogP contribution in [0.15, 0.2) is 42.5 Å². The SMILES string of the molecule is CC(C)(C)OC(=O)C[C@H](O)C[C@H](O)[C@@H]1Cc2c(C3CC3)nc3ccccc3c2-c2ccc(F)cc21. The molecular weight excluding hydrogens is 445 g/mol. The third-order valence-electron chi connectivity index (χ3n) is 6.90. The molecule has 2 aromatic carbocycles. The minimum Gasteiger partial charge on any atom is -0.460 e. The van der Waals surface area contributed by atoms with E-state index in [1.54, 1.807) is 26.8 Å². The number of aromatic nitrogens is 1. The highest BCUT2D eigenvalue weighted by atomic mass is 19.1. The standard InChI is InChI=1S/C29H32FNO4/c1-29(2,3)35-26(34)14-18(32)13-25(33)22-15-23-27(19-11-10-17(30)12-21(19)22)20-6-4-5-7-24(20)31-28(23)16-8-9-16/h4-7,10-12,16,18,22,25,32-33H,8-9,13-15H2,1-3H3/t18-,22-,25+/m1/s1. The molecular formula is C29H32FNO4. The summed E-state index contributed by atoms with van der Waals surface area (Å²) in [5, 5.41) is 22.8. The van der Waals surface area contributed by atoms with E-state index in [1.807, 2.05) is 24.3 Å². The van der Waals surface area contributed by atoms with Gasteiger partial charge in [-0.05, 0) is 80.5 Å². The number of rotatable bonds is 6. The van der Waals surface area contributed by atoms with Crippen molar-refractivity contribution in [3.05, 3.63) is 65.1 Å². The van der Waals surface area contributed by atoms with Gasteiger partial charge in [-0.2, -0.15) is 0 Å². The van der Waals surface area contributed by atoms with Crippen LogP contribution in [0, 0.1) is 5.82 Å². The topological polar surface area (TPSA) is 79.7 Å². The summed E-state index contributed by atoms with van der Waals surface area (Å²) in [5.41, 5.74) is 5.16. The average Bonchev–Trinajstić information content (AvgIpc) is 3.61. The first-order valence-corrected chi connectivity index (χ1v) is 12.4. The van der Waals surface area contributed by atoms with Crippen molar-refractivity contribution in [1.29, 1.82) is 0 Å². The van der Waals surface area contributed by atoms with Crippen LogP contribution >= 0.6 is 0 Å². The predicted molar refractivity (Wildman–Crippen MR) is 133 cm³/mol. The number of ether oxygens (including phenoxy) is 1. The normalized spacial score (nSPS) is 19.1. The van der Waals surface area contributed by atoms with Crippen LogP contribution in [0.5, 0.6) is 0 Å². The number of para-hydroxylation sites is 1. The zero-order valence-corrected chi connectivity index (χ0v) is 20.4. The fourth-order valence-corrected chi connectivity index (χ4v) is 5.32. The Morgan fingerprint density at radius 3 is 2.63 bits per heavy atom. The van der Waals surface area contributed by atoms with Gasteiger partial charge >= 0.3 is 5.97 Å². The van der Waals surface area contributed by atoms with Crippen molar-refractivity contribution in [2.75, 3.05) is 0 Å². The molecule has 1 fully saturated rings. The Morgan fingerprint density at radius 1 is 1.17 bits per heavy atom. The largest absolute Gasteiger partial charge is 0.460 e. The number of esters is 1. The van der Waals surface area contributed by atoms with E-state index in [0.29, 0.717) is 12.3 Å². The van der Waals surface area contributed by atoms with Gasteiger partial charge in [0.2, 0.25) is 0 Å². The van der Waals surface area contributed by atoms with Gasteiger partial charge in [-0.15, -0.1) is 0 Å². The summed E-state index contributed by atoms with van der Waals surface area (Å²) >= 11 is 0. The van der Waals surface area contributed by atoms with Gasteiger partial charge in [0, 0.05) is 29.3 Å². The minimum absolute atomic E-state index is 0.00499. The van der Waals surface area contributed by atoms with Gasteiger partial charge in [0.25, 0.3) is 0 Å². The summed E-state index contributed by atoms with van der Waals surface area (Å²) < 4.78 is 19.7. The van der Waals surface area contributed by atoms with Gasteiger partial charge in [-0.1, -0.05) is 24.3 Å². The first-order chi connectivity index (χ1) is 16.6. The fraction of sp³-hybridized carbons (Fsp3) is 0.448. The number of hydrogen-bond donors (Lipinski definition) is 2. The number of pyridine rings is 1. The second kappa shape index (κ2) is 8.99. The third-order valence-corrected chi connectivity index (χ3v) is 6.90. The first kappa shape index (κ1) is 23.9. The summed E-state index contributed by atoms with van der Waals surface area (Å²) in [6.45, 7) is 5.31. The van der Waals surface area contributed by atoms with E-state index in [0.717, 1.165) is 51.7 Å². The van der Waals surface area contributed by atoms with E-state index in [9.17, 15) is 19.4 Å². The molecule has 1 saturated carbocycles. The van der Waals surface area contributed by atoms with E-state index in [2.05, 4.69) is 0 Å². The van der Waals surface area contributed by atoms with Crippen LogP contribution in [0.1, 0.15) is 75.1 Å². The number of carbonyl (C=O) groups excluding carboxylic acids is 1. The van der Waals surface area contributed by atoms with Crippen molar-refractivity contribution in [1.82, 2.24) is 4.98 Å². The van der Waals surface area contributed by atoms with Crippen molar-refractivity contribution in [2.24, 2.45) is 0 Å². The maximum Gasteiger partial charge on any atom is 0.308 e. The molecule has 2 aliphatic carbocycles. The van der Waals surface area contributed by atoms with Gasteiger partial charge < -0.3 is 14.9 Å². The van der Waals surface area contributed by atoms with Crippen molar-refractivity contribution in [3.8, 4) is 11.1 Å². The van der Waals surface area contributed by atoms with E-state index in [-0.39, 0.29) is 18.7 Å². The van der Waals surface area contributed by atoms with Crippen molar-refractivity contribution in [3.63, 3.8) is 0 Å². The molecule has 6 heteroatoms. The zero-order chi connectivity index (χ0) is 24.9. The molecule has 3 aromatic rings. The summed E-state index contributed by atoms with van der Waals surface area (Å²) in [5.74, 6) is -0.878. The smallest absolute Gasteiger partial charge is 0.308 e. The van der Waals surface area contributed by atoms with Crippen LogP contribution in [-0.4, -0.2) is 39.0 Å². The molecule has 5 nitrogen and oxygen atoms in total. The third kappa shape index (κ3) is 4.95. The molecule has 3 atom stereocenters. The maximum absolute atomic E-state index is 14.4. The molecule has 1 heterocycles. The molecule has 2 N–H and O–H groups in total. The average molecular weight is 478 g/mol. The molecule has 0 spiro atoms. The summed E-state index contributed by atoms with van der Waals surface area (Å²) in [7, 11) is 0. The lowest BCUT2D eigenvalue weighted by Gasteiger charge is -2.33. The number of nitrogens with zero attached hydrogens (tertiary/aromatic N) is 1. The molecule has 0 bridgehead atoms. The number of aliphatic hydroxyl groups is 2. The highest BCUT2D eigenvalue weighted by molar-refractivity contribution is 5.98. The van der Waals surface area contributed by atoms with Gasteiger partial charge in [-0.25, -0.2) is 4.39 Å². The number of carbonyl (C=O) groups is 1. The number of fused-ring (bicyclic) bond motifs is 5. The van der Waals surface area contributed by atoms with Gasteiger partial charge in [0.05, 0.1) is 24.1 Å². The summed E-state index contributed by atoms with van der Waals surface area (Å²) in [4.78, 5) is 17.2. The Balaban J connectivity index is 1.50. The lowest BCUT2D eigenvalue weighted by molar-refractivity contribution is -0.157. The Hall–Kier alpha value is -2.83. The molecule has 0 unspecified atom stereocenters. The molecule has 5 rings (SSSR count). The molecule has 0 aliphatic heterocycles. The summed E-state index contributed by atoms with van der Waals surface area (Å²) in [6.07, 6.45) is 0.472. The number of halogens is 1. The molecule has 0 radical (unpaired) electrons. The van der Waals surface area contributed by atoms with E-state index in [1.165, 1.54) is 12.1 Å². The molecule has 0 amide bonds. The van der Waals surface area contributed by atoms with E-state index >= 15 is 0 Å². The van der Waals surface area contributed by atoms with Gasteiger partial charge in [0.1, 0.15) is 11.4 Å². The van der Waals surface area contributed by atoms with Crippen LogP contribution in [-0.2, 0) is 16.0 Å². The van der Waals surface area contributed by atoms with E-state index < -0.39 is 29.7 Å². The predicted octanol–water partition coefficient (Wildman–Crippen LogP) is 5.40. The molecule has 2 aliphatic rings. The molecule has 184 valence electrons. The number of benzene rings is 2. The van der Waals surface area contributed by atoms with Crippen LogP contribution in [0.4, 0.5) is 4.39 Å². The highest BCUT2D eigenvalue weighted by Crippen LogP contribution is 2.50. The van der Waals surface area contributed by atoms with Crippen molar-refractivity contribution in [2.45, 2.75) is 82.5 Å². The van der Waals surface area contributed by atoms with Crippen molar-refractivity contribution >= 4 is 16.9 Å². The molecule has 0 saturated heterocycles. The highest BCUT2D eigenvalue weighted by Gasteiger charge is 2.37. The minimum atomic E-state index is -1.06. The molecule has 1 aromatic heterocycles. The Morgan fingerprint density at radius 2 is 1.91 bits per heavy atom. The second-order valence-corrected chi connectivity index (χ2v) is 10.9. The van der Waals surface area contributed by atoms with Gasteiger partial charge in [0.15, 0.2) is 0 Å².